The van der Waals surface area contributed by atoms with Gasteiger partial charge >= 0.3 is 0 Å². The maximum atomic E-state index is 11.9. The van der Waals surface area contributed by atoms with Crippen molar-refractivity contribution in [2.24, 2.45) is 0 Å². The molecule has 0 fully saturated rings. The van der Waals surface area contributed by atoms with E-state index in [2.05, 4.69) is 21.2 Å². The number of carbonyl (C=O) groups is 1. The van der Waals surface area contributed by atoms with Crippen molar-refractivity contribution in [2.75, 3.05) is 0 Å². The van der Waals surface area contributed by atoms with E-state index in [4.69, 9.17) is 0 Å². The lowest BCUT2D eigenvalue weighted by atomic mass is 10.0. The summed E-state index contributed by atoms with van der Waals surface area (Å²) in [6, 6.07) is 4.80. The van der Waals surface area contributed by atoms with Crippen molar-refractivity contribution in [3.8, 4) is 5.75 Å². The van der Waals surface area contributed by atoms with Crippen molar-refractivity contribution in [1.82, 2.24) is 5.32 Å². The Hall–Kier alpha value is -1.03. The molecule has 3 nitrogen and oxygen atoms in total. The molecule has 0 saturated carbocycles. The molecule has 0 aliphatic heterocycles. The van der Waals surface area contributed by atoms with Crippen molar-refractivity contribution in [3.63, 3.8) is 0 Å². The Balaban J connectivity index is 2.93. The summed E-state index contributed by atoms with van der Waals surface area (Å²) in [5, 5.41) is 12.5. The van der Waals surface area contributed by atoms with Gasteiger partial charge in [-0.3, -0.25) is 4.79 Å². The van der Waals surface area contributed by atoms with E-state index in [0.29, 0.717) is 0 Å². The zero-order valence-electron chi connectivity index (χ0n) is 9.67. The van der Waals surface area contributed by atoms with Gasteiger partial charge in [0.15, 0.2) is 0 Å². The Morgan fingerprint density at radius 3 is 2.69 bits per heavy atom. The first kappa shape index (κ1) is 13.0. The van der Waals surface area contributed by atoms with E-state index in [-0.39, 0.29) is 22.8 Å². The van der Waals surface area contributed by atoms with E-state index in [1.807, 2.05) is 20.8 Å². The van der Waals surface area contributed by atoms with Crippen LogP contribution in [0.25, 0.3) is 0 Å². The standard InChI is InChI=1S/C12H16BrNO2/c1-4-12(2,3)14-11(16)9-7-8(13)5-6-10(9)15/h5-7,15H,4H2,1-3H3,(H,14,16). The van der Waals surface area contributed by atoms with E-state index in [9.17, 15) is 9.90 Å². The molecule has 0 saturated heterocycles. The summed E-state index contributed by atoms with van der Waals surface area (Å²) in [4.78, 5) is 11.9. The Bertz CT molecular complexity index is 402. The second-order valence-corrected chi connectivity index (χ2v) is 5.27. The monoisotopic (exact) mass is 285 g/mol. The molecule has 1 aromatic rings. The first-order valence-corrected chi connectivity index (χ1v) is 5.96. The highest BCUT2D eigenvalue weighted by molar-refractivity contribution is 9.10. The fraction of sp³-hybridized carbons (Fsp3) is 0.417. The molecule has 4 heteroatoms. The van der Waals surface area contributed by atoms with Gasteiger partial charge in [0.1, 0.15) is 5.75 Å². The molecule has 0 radical (unpaired) electrons. The second kappa shape index (κ2) is 4.87. The molecule has 0 bridgehead atoms. The topological polar surface area (TPSA) is 49.3 Å². The molecule has 1 aromatic carbocycles. The van der Waals surface area contributed by atoms with Crippen molar-refractivity contribution in [1.29, 1.82) is 0 Å². The highest BCUT2D eigenvalue weighted by atomic mass is 79.9. The van der Waals surface area contributed by atoms with Crippen LogP contribution in [0.2, 0.25) is 0 Å². The van der Waals surface area contributed by atoms with Crippen molar-refractivity contribution < 1.29 is 9.90 Å². The molecule has 0 heterocycles. The van der Waals surface area contributed by atoms with Crippen LogP contribution < -0.4 is 5.32 Å². The summed E-state index contributed by atoms with van der Waals surface area (Å²) in [7, 11) is 0. The number of hydrogen-bond donors (Lipinski definition) is 2. The molecule has 0 unspecified atom stereocenters. The van der Waals surface area contributed by atoms with E-state index >= 15 is 0 Å². The van der Waals surface area contributed by atoms with Gasteiger partial charge in [-0.05, 0) is 38.5 Å². The SMILES string of the molecule is CCC(C)(C)NC(=O)c1cc(Br)ccc1O. The van der Waals surface area contributed by atoms with E-state index < -0.39 is 0 Å². The molecular weight excluding hydrogens is 270 g/mol. The Morgan fingerprint density at radius 2 is 2.12 bits per heavy atom. The van der Waals surface area contributed by atoms with Crippen molar-refractivity contribution >= 4 is 21.8 Å². The van der Waals surface area contributed by atoms with Crippen LogP contribution in [0.3, 0.4) is 0 Å². The van der Waals surface area contributed by atoms with E-state index in [1.54, 1.807) is 12.1 Å². The van der Waals surface area contributed by atoms with Gasteiger partial charge in [0.05, 0.1) is 5.56 Å². The number of hydrogen-bond acceptors (Lipinski definition) is 2. The summed E-state index contributed by atoms with van der Waals surface area (Å²) in [6.45, 7) is 5.89. The van der Waals surface area contributed by atoms with Gasteiger partial charge in [-0.25, -0.2) is 0 Å². The van der Waals surface area contributed by atoms with Crippen molar-refractivity contribution in [3.05, 3.63) is 28.2 Å². The third-order valence-electron chi connectivity index (χ3n) is 2.54. The lowest BCUT2D eigenvalue weighted by molar-refractivity contribution is 0.0908. The molecule has 0 aliphatic carbocycles. The third-order valence-corrected chi connectivity index (χ3v) is 3.03. The summed E-state index contributed by atoms with van der Waals surface area (Å²) in [6.07, 6.45) is 0.827. The van der Waals surface area contributed by atoms with Gasteiger partial charge in [-0.15, -0.1) is 0 Å². The first-order valence-electron chi connectivity index (χ1n) is 5.17. The summed E-state index contributed by atoms with van der Waals surface area (Å²) < 4.78 is 0.768. The Morgan fingerprint density at radius 1 is 1.50 bits per heavy atom. The predicted octanol–water partition coefficient (Wildman–Crippen LogP) is 3.07. The highest BCUT2D eigenvalue weighted by Crippen LogP contribution is 2.22. The molecule has 0 spiro atoms. The average molecular weight is 286 g/mol. The minimum Gasteiger partial charge on any atom is -0.507 e. The number of benzene rings is 1. The van der Waals surface area contributed by atoms with Gasteiger partial charge < -0.3 is 10.4 Å². The fourth-order valence-corrected chi connectivity index (χ4v) is 1.51. The van der Waals surface area contributed by atoms with Gasteiger partial charge in [-0.1, -0.05) is 22.9 Å². The van der Waals surface area contributed by atoms with Gasteiger partial charge in [0, 0.05) is 10.0 Å². The number of nitrogens with one attached hydrogen (secondary N) is 1. The lowest BCUT2D eigenvalue weighted by Crippen LogP contribution is -2.42. The van der Waals surface area contributed by atoms with Crippen LogP contribution in [0, 0.1) is 0 Å². The van der Waals surface area contributed by atoms with Crippen LogP contribution in [0.5, 0.6) is 5.75 Å². The average Bonchev–Trinajstić information content (AvgIpc) is 2.21. The molecule has 2 N–H and O–H groups in total. The van der Waals surface area contributed by atoms with E-state index in [1.165, 1.54) is 6.07 Å². The molecule has 1 amide bonds. The first-order chi connectivity index (χ1) is 7.35. The highest BCUT2D eigenvalue weighted by Gasteiger charge is 2.20. The van der Waals surface area contributed by atoms with Gasteiger partial charge in [0.25, 0.3) is 5.91 Å². The minimum absolute atomic E-state index is 0.00685. The van der Waals surface area contributed by atoms with Crippen LogP contribution in [0.1, 0.15) is 37.6 Å². The molecule has 16 heavy (non-hydrogen) atoms. The van der Waals surface area contributed by atoms with Crippen LogP contribution in [-0.2, 0) is 0 Å². The van der Waals surface area contributed by atoms with Crippen LogP contribution in [0.15, 0.2) is 22.7 Å². The van der Waals surface area contributed by atoms with Crippen LogP contribution in [-0.4, -0.2) is 16.6 Å². The molecule has 0 aliphatic rings. The number of phenolic OH excluding ortho intramolecular Hbond substituents is 1. The fourth-order valence-electron chi connectivity index (χ4n) is 1.15. The normalized spacial score (nSPS) is 11.2. The second-order valence-electron chi connectivity index (χ2n) is 4.35. The van der Waals surface area contributed by atoms with E-state index in [0.717, 1.165) is 10.9 Å². The lowest BCUT2D eigenvalue weighted by Gasteiger charge is -2.24. The van der Waals surface area contributed by atoms with Crippen LogP contribution >= 0.6 is 15.9 Å². The quantitative estimate of drug-likeness (QED) is 0.897. The van der Waals surface area contributed by atoms with Gasteiger partial charge in [-0.2, -0.15) is 0 Å². The maximum Gasteiger partial charge on any atom is 0.255 e. The zero-order valence-corrected chi connectivity index (χ0v) is 11.3. The summed E-state index contributed by atoms with van der Waals surface area (Å²) in [5.74, 6) is -0.266. The summed E-state index contributed by atoms with van der Waals surface area (Å²) in [5.41, 5.74) is 0.0159. The Kier molecular flexibility index (Phi) is 3.97. The minimum atomic E-state index is -0.272. The molecule has 88 valence electrons. The smallest absolute Gasteiger partial charge is 0.255 e. The number of rotatable bonds is 3. The summed E-state index contributed by atoms with van der Waals surface area (Å²) >= 11 is 3.27. The third kappa shape index (κ3) is 3.23. The zero-order chi connectivity index (χ0) is 12.3. The number of carbonyl (C=O) groups excluding carboxylic acids is 1. The number of aromatic hydroxyl groups is 1. The predicted molar refractivity (Wildman–Crippen MR) is 67.6 cm³/mol. The van der Waals surface area contributed by atoms with Crippen molar-refractivity contribution in [2.45, 2.75) is 32.7 Å². The number of phenols is 1. The molecule has 1 rings (SSSR count). The van der Waals surface area contributed by atoms with Gasteiger partial charge in [0.2, 0.25) is 0 Å². The number of halogens is 1. The Labute approximate surface area is 104 Å². The molecule has 0 aromatic heterocycles. The molecule has 0 atom stereocenters. The maximum absolute atomic E-state index is 11.9. The van der Waals surface area contributed by atoms with Crippen LogP contribution in [0.4, 0.5) is 0 Å². The number of amides is 1. The largest absolute Gasteiger partial charge is 0.507 e. The molecular formula is C12H16BrNO2.